The normalized spacial score (nSPS) is 29.4. The van der Waals surface area contributed by atoms with Crippen LogP contribution in [0.2, 0.25) is 0 Å². The van der Waals surface area contributed by atoms with Gasteiger partial charge in [-0.1, -0.05) is 0 Å². The average Bonchev–Trinajstić information content (AvgIpc) is 2.60. The van der Waals surface area contributed by atoms with Gasteiger partial charge in [-0.15, -0.1) is 0 Å². The maximum Gasteiger partial charge on any atom is 0.147 e. The Labute approximate surface area is 113 Å². The van der Waals surface area contributed by atoms with Gasteiger partial charge in [-0.05, 0) is 51.2 Å². The second-order valence-corrected chi connectivity index (χ2v) is 5.81. The molecule has 2 bridgehead atoms. The first-order valence-electron chi connectivity index (χ1n) is 6.95. The lowest BCUT2D eigenvalue weighted by Gasteiger charge is -2.38. The van der Waals surface area contributed by atoms with Crippen molar-refractivity contribution in [3.8, 4) is 6.07 Å². The maximum atomic E-state index is 9.88. The number of nitriles is 1. The molecule has 2 saturated heterocycles. The maximum absolute atomic E-state index is 9.88. The summed E-state index contributed by atoms with van der Waals surface area (Å²) in [6, 6.07) is 4.95. The van der Waals surface area contributed by atoms with Crippen LogP contribution in [0.3, 0.4) is 0 Å². The highest BCUT2D eigenvalue weighted by molar-refractivity contribution is 5.60. The fraction of sp³-hybridized carbons (Fsp3) is 0.600. The fourth-order valence-electron chi connectivity index (χ4n) is 3.64. The zero-order valence-electron chi connectivity index (χ0n) is 11.4. The lowest BCUT2D eigenvalue weighted by Crippen LogP contribution is -2.45. The summed E-state index contributed by atoms with van der Waals surface area (Å²) >= 11 is 0. The molecular weight excluding hydrogens is 238 g/mol. The third kappa shape index (κ3) is 1.98. The topological polar surface area (TPSA) is 60.2 Å². The fourth-order valence-corrected chi connectivity index (χ4v) is 3.64. The third-order valence-electron chi connectivity index (χ3n) is 4.39. The number of aryl methyl sites for hydroxylation is 2. The molecule has 2 unspecified atom stereocenters. The molecule has 0 saturated carbocycles. The van der Waals surface area contributed by atoms with E-state index in [-0.39, 0.29) is 6.10 Å². The summed E-state index contributed by atoms with van der Waals surface area (Å²) in [7, 11) is 0. The highest BCUT2D eigenvalue weighted by Gasteiger charge is 2.41. The van der Waals surface area contributed by atoms with E-state index in [1.165, 1.54) is 0 Å². The Morgan fingerprint density at radius 2 is 1.95 bits per heavy atom. The van der Waals surface area contributed by atoms with Gasteiger partial charge < -0.3 is 10.0 Å². The van der Waals surface area contributed by atoms with Gasteiger partial charge in [0.15, 0.2) is 0 Å². The summed E-state index contributed by atoms with van der Waals surface area (Å²) in [6.07, 6.45) is 3.61. The van der Waals surface area contributed by atoms with E-state index >= 15 is 0 Å². The minimum Gasteiger partial charge on any atom is -0.393 e. The van der Waals surface area contributed by atoms with Gasteiger partial charge in [0, 0.05) is 17.8 Å². The quantitative estimate of drug-likeness (QED) is 0.836. The molecule has 2 aliphatic heterocycles. The standard InChI is InChI=1S/C15H19N3O/c1-9-5-10(2)17-15(14(9)8-16)18-11-3-4-12(18)7-13(19)6-11/h5,11-13,19H,3-4,6-7H2,1-2H3. The Balaban J connectivity index is 2.06. The summed E-state index contributed by atoms with van der Waals surface area (Å²) in [5, 5.41) is 19.3. The van der Waals surface area contributed by atoms with Crippen molar-refractivity contribution in [3.63, 3.8) is 0 Å². The smallest absolute Gasteiger partial charge is 0.147 e. The summed E-state index contributed by atoms with van der Waals surface area (Å²) < 4.78 is 0. The molecule has 3 heterocycles. The summed E-state index contributed by atoms with van der Waals surface area (Å²) in [5.41, 5.74) is 2.64. The number of pyridine rings is 1. The van der Waals surface area contributed by atoms with Gasteiger partial charge in [-0.25, -0.2) is 4.98 Å². The molecule has 19 heavy (non-hydrogen) atoms. The van der Waals surface area contributed by atoms with Crippen LogP contribution in [0.15, 0.2) is 6.07 Å². The van der Waals surface area contributed by atoms with Crippen molar-refractivity contribution in [2.75, 3.05) is 4.90 Å². The average molecular weight is 257 g/mol. The number of aromatic nitrogens is 1. The van der Waals surface area contributed by atoms with Crippen LogP contribution in [0.25, 0.3) is 0 Å². The van der Waals surface area contributed by atoms with Crippen LogP contribution in [-0.4, -0.2) is 28.3 Å². The molecule has 1 aromatic rings. The molecule has 4 nitrogen and oxygen atoms in total. The molecule has 0 spiro atoms. The van der Waals surface area contributed by atoms with E-state index in [0.29, 0.717) is 17.6 Å². The third-order valence-corrected chi connectivity index (χ3v) is 4.39. The Kier molecular flexibility index (Phi) is 2.94. The number of rotatable bonds is 1. The minimum atomic E-state index is -0.190. The molecule has 1 aromatic heterocycles. The zero-order valence-corrected chi connectivity index (χ0v) is 11.4. The van der Waals surface area contributed by atoms with E-state index in [1.807, 2.05) is 19.9 Å². The van der Waals surface area contributed by atoms with Crippen LogP contribution >= 0.6 is 0 Å². The predicted octanol–water partition coefficient (Wildman–Crippen LogP) is 2.06. The van der Waals surface area contributed by atoms with E-state index in [4.69, 9.17) is 0 Å². The number of hydrogen-bond acceptors (Lipinski definition) is 4. The first-order valence-corrected chi connectivity index (χ1v) is 6.95. The molecule has 2 atom stereocenters. The molecule has 0 aromatic carbocycles. The van der Waals surface area contributed by atoms with Gasteiger partial charge in [-0.3, -0.25) is 0 Å². The second kappa shape index (κ2) is 4.50. The molecule has 4 heteroatoms. The Morgan fingerprint density at radius 3 is 2.53 bits per heavy atom. The second-order valence-electron chi connectivity index (χ2n) is 5.81. The molecule has 1 N–H and O–H groups in total. The first-order chi connectivity index (χ1) is 9.10. The van der Waals surface area contributed by atoms with Crippen LogP contribution in [0.4, 0.5) is 5.82 Å². The number of hydrogen-bond donors (Lipinski definition) is 1. The van der Waals surface area contributed by atoms with Crippen LogP contribution in [0.1, 0.15) is 42.5 Å². The number of nitrogens with zero attached hydrogens (tertiary/aromatic N) is 3. The van der Waals surface area contributed by atoms with Crippen LogP contribution < -0.4 is 4.90 Å². The van der Waals surface area contributed by atoms with Crippen molar-refractivity contribution in [2.24, 2.45) is 0 Å². The molecular formula is C15H19N3O. The Hall–Kier alpha value is -1.60. The van der Waals surface area contributed by atoms with E-state index < -0.39 is 0 Å². The lowest BCUT2D eigenvalue weighted by molar-refractivity contribution is 0.126. The van der Waals surface area contributed by atoms with E-state index in [2.05, 4.69) is 16.0 Å². The molecule has 0 amide bonds. The highest BCUT2D eigenvalue weighted by Crippen LogP contribution is 2.40. The van der Waals surface area contributed by atoms with Crippen molar-refractivity contribution in [1.82, 2.24) is 4.98 Å². The molecule has 2 fully saturated rings. The van der Waals surface area contributed by atoms with Gasteiger partial charge >= 0.3 is 0 Å². The predicted molar refractivity (Wildman–Crippen MR) is 73.0 cm³/mol. The zero-order chi connectivity index (χ0) is 13.6. The summed E-state index contributed by atoms with van der Waals surface area (Å²) in [6.45, 7) is 3.94. The summed E-state index contributed by atoms with van der Waals surface area (Å²) in [4.78, 5) is 6.91. The van der Waals surface area contributed by atoms with Gasteiger partial charge in [0.05, 0.1) is 11.7 Å². The minimum absolute atomic E-state index is 0.190. The van der Waals surface area contributed by atoms with Crippen molar-refractivity contribution in [1.29, 1.82) is 5.26 Å². The summed E-state index contributed by atoms with van der Waals surface area (Å²) in [5.74, 6) is 0.833. The number of anilines is 1. The van der Waals surface area contributed by atoms with E-state index in [0.717, 1.165) is 42.8 Å². The number of aliphatic hydroxyl groups excluding tert-OH is 1. The van der Waals surface area contributed by atoms with Crippen molar-refractivity contribution in [2.45, 2.75) is 57.7 Å². The SMILES string of the molecule is Cc1cc(C)c(C#N)c(N2C3CCC2CC(O)C3)n1. The lowest BCUT2D eigenvalue weighted by atomic mass is 9.98. The van der Waals surface area contributed by atoms with E-state index in [1.54, 1.807) is 0 Å². The number of piperidine rings is 1. The number of fused-ring (bicyclic) bond motifs is 2. The highest BCUT2D eigenvalue weighted by atomic mass is 16.3. The monoisotopic (exact) mass is 257 g/mol. The van der Waals surface area contributed by atoms with Crippen LogP contribution in [-0.2, 0) is 0 Å². The molecule has 2 aliphatic rings. The van der Waals surface area contributed by atoms with Crippen LogP contribution in [0.5, 0.6) is 0 Å². The van der Waals surface area contributed by atoms with E-state index in [9.17, 15) is 10.4 Å². The van der Waals surface area contributed by atoms with Gasteiger partial charge in [-0.2, -0.15) is 5.26 Å². The van der Waals surface area contributed by atoms with Crippen molar-refractivity contribution < 1.29 is 5.11 Å². The molecule has 100 valence electrons. The Morgan fingerprint density at radius 1 is 1.32 bits per heavy atom. The van der Waals surface area contributed by atoms with Gasteiger partial charge in [0.1, 0.15) is 11.9 Å². The van der Waals surface area contributed by atoms with Crippen LogP contribution in [0, 0.1) is 25.2 Å². The van der Waals surface area contributed by atoms with Crippen molar-refractivity contribution >= 4 is 5.82 Å². The van der Waals surface area contributed by atoms with Crippen molar-refractivity contribution in [3.05, 3.63) is 22.9 Å². The number of aliphatic hydroxyl groups is 1. The molecule has 0 aliphatic carbocycles. The molecule has 3 rings (SSSR count). The van der Waals surface area contributed by atoms with Gasteiger partial charge in [0.25, 0.3) is 0 Å². The Bertz CT molecular complexity index is 535. The first kappa shape index (κ1) is 12.4. The van der Waals surface area contributed by atoms with Gasteiger partial charge in [0.2, 0.25) is 0 Å². The molecule has 0 radical (unpaired) electrons. The largest absolute Gasteiger partial charge is 0.393 e.